The van der Waals surface area contributed by atoms with Gasteiger partial charge in [0.05, 0.1) is 5.56 Å². The van der Waals surface area contributed by atoms with Crippen molar-refractivity contribution in [3.63, 3.8) is 0 Å². The van der Waals surface area contributed by atoms with E-state index in [1.807, 2.05) is 43.3 Å². The van der Waals surface area contributed by atoms with Crippen LogP contribution < -0.4 is 0 Å². The Labute approximate surface area is 153 Å². The second-order valence-electron chi connectivity index (χ2n) is 7.50. The maximum Gasteiger partial charge on any atom is 0.338 e. The number of carbonyl (C=O) groups excluding carboxylic acids is 2. The third-order valence-electron chi connectivity index (χ3n) is 4.49. The Morgan fingerprint density at radius 1 is 1.00 bits per heavy atom. The summed E-state index contributed by atoms with van der Waals surface area (Å²) in [5.74, 6) is -0.698. The molecule has 0 aliphatic carbocycles. The molecule has 1 aromatic heterocycles. The van der Waals surface area contributed by atoms with E-state index >= 15 is 0 Å². The zero-order valence-electron chi connectivity index (χ0n) is 15.6. The molecule has 134 valence electrons. The van der Waals surface area contributed by atoms with E-state index < -0.39 is 5.97 Å². The summed E-state index contributed by atoms with van der Waals surface area (Å²) >= 11 is 0. The second kappa shape index (κ2) is 6.79. The predicted octanol–water partition coefficient (Wildman–Crippen LogP) is 4.81. The lowest BCUT2D eigenvalue weighted by Crippen LogP contribution is -2.15. The largest absolute Gasteiger partial charge is 0.454 e. The highest BCUT2D eigenvalue weighted by Gasteiger charge is 2.19. The third-order valence-corrected chi connectivity index (χ3v) is 4.49. The summed E-state index contributed by atoms with van der Waals surface area (Å²) in [6.45, 7) is 7.91. The molecule has 3 aromatic rings. The highest BCUT2D eigenvalue weighted by molar-refractivity contribution is 6.10. The smallest absolute Gasteiger partial charge is 0.338 e. The second-order valence-corrected chi connectivity index (χ2v) is 7.50. The number of esters is 1. The van der Waals surface area contributed by atoms with E-state index in [9.17, 15) is 9.59 Å². The number of para-hydroxylation sites is 1. The van der Waals surface area contributed by atoms with Gasteiger partial charge in [0.15, 0.2) is 6.61 Å². The number of Topliss-reactive ketones (excluding diaryl/α,β-unsaturated/α-hetero) is 1. The van der Waals surface area contributed by atoms with Crippen LogP contribution in [0.3, 0.4) is 0 Å². The molecule has 0 fully saturated rings. The molecule has 0 atom stereocenters. The van der Waals surface area contributed by atoms with Gasteiger partial charge in [-0.15, -0.1) is 0 Å². The molecule has 1 N–H and O–H groups in total. The summed E-state index contributed by atoms with van der Waals surface area (Å²) < 4.78 is 5.24. The first-order valence-corrected chi connectivity index (χ1v) is 8.65. The van der Waals surface area contributed by atoms with Crippen LogP contribution in [0.1, 0.15) is 52.7 Å². The first-order chi connectivity index (χ1) is 12.3. The molecule has 0 radical (unpaired) electrons. The van der Waals surface area contributed by atoms with Gasteiger partial charge in [-0.05, 0) is 36.1 Å². The zero-order chi connectivity index (χ0) is 18.9. The SMILES string of the molecule is Cc1[nH]c2ccccc2c1C(=O)COC(=O)c1ccc(C(C)(C)C)cc1. The van der Waals surface area contributed by atoms with E-state index in [2.05, 4.69) is 25.8 Å². The standard InChI is InChI=1S/C22H23NO3/c1-14-20(17-7-5-6-8-18(17)23-14)19(24)13-26-21(25)15-9-11-16(12-10-15)22(2,3)4/h5-12,23H,13H2,1-4H3. The molecule has 0 aliphatic rings. The fraction of sp³-hybridized carbons (Fsp3) is 0.273. The Kier molecular flexibility index (Phi) is 4.68. The van der Waals surface area contributed by atoms with Gasteiger partial charge < -0.3 is 9.72 Å². The molecule has 1 heterocycles. The Morgan fingerprint density at radius 2 is 1.65 bits per heavy atom. The van der Waals surface area contributed by atoms with Crippen LogP contribution in [0.5, 0.6) is 0 Å². The van der Waals surface area contributed by atoms with Crippen LogP contribution in [0.15, 0.2) is 48.5 Å². The van der Waals surface area contributed by atoms with E-state index in [4.69, 9.17) is 4.74 Å². The van der Waals surface area contributed by atoms with Crippen LogP contribution in [0.4, 0.5) is 0 Å². The minimum Gasteiger partial charge on any atom is -0.454 e. The minimum atomic E-state index is -0.490. The molecule has 4 nitrogen and oxygen atoms in total. The van der Waals surface area contributed by atoms with Gasteiger partial charge in [-0.3, -0.25) is 4.79 Å². The van der Waals surface area contributed by atoms with Gasteiger partial charge >= 0.3 is 5.97 Å². The lowest BCUT2D eigenvalue weighted by molar-refractivity contribution is 0.0475. The molecular formula is C22H23NO3. The number of H-pyrrole nitrogens is 1. The van der Waals surface area contributed by atoms with Crippen molar-refractivity contribution in [3.05, 3.63) is 70.9 Å². The minimum absolute atomic E-state index is 0.0191. The maximum absolute atomic E-state index is 12.6. The number of rotatable bonds is 4. The van der Waals surface area contributed by atoms with Gasteiger partial charge in [-0.2, -0.15) is 0 Å². The highest BCUT2D eigenvalue weighted by Crippen LogP contribution is 2.23. The van der Waals surface area contributed by atoms with Crippen molar-refractivity contribution in [3.8, 4) is 0 Å². The van der Waals surface area contributed by atoms with E-state index in [0.29, 0.717) is 11.1 Å². The van der Waals surface area contributed by atoms with Gasteiger partial charge in [0.25, 0.3) is 0 Å². The maximum atomic E-state index is 12.6. The number of carbonyl (C=O) groups is 2. The number of ketones is 1. The molecule has 0 aliphatic heterocycles. The first kappa shape index (κ1) is 17.9. The van der Waals surface area contributed by atoms with Crippen molar-refractivity contribution in [2.75, 3.05) is 6.61 Å². The molecule has 0 spiro atoms. The van der Waals surface area contributed by atoms with E-state index in [1.165, 1.54) is 0 Å². The summed E-state index contributed by atoms with van der Waals surface area (Å²) in [7, 11) is 0. The molecule has 0 bridgehead atoms. The van der Waals surface area contributed by atoms with Gasteiger partial charge in [0, 0.05) is 22.2 Å². The fourth-order valence-corrected chi connectivity index (χ4v) is 3.03. The first-order valence-electron chi connectivity index (χ1n) is 8.65. The average molecular weight is 349 g/mol. The van der Waals surface area contributed by atoms with Crippen LogP contribution in [-0.4, -0.2) is 23.3 Å². The number of hydrogen-bond donors (Lipinski definition) is 1. The summed E-state index contributed by atoms with van der Waals surface area (Å²) in [6.07, 6.45) is 0. The third kappa shape index (κ3) is 3.54. The summed E-state index contributed by atoms with van der Waals surface area (Å²) in [5.41, 5.74) is 3.86. The van der Waals surface area contributed by atoms with Crippen LogP contribution in [0.2, 0.25) is 0 Å². The lowest BCUT2D eigenvalue weighted by Gasteiger charge is -2.18. The summed E-state index contributed by atoms with van der Waals surface area (Å²) in [4.78, 5) is 28.0. The van der Waals surface area contributed by atoms with Crippen LogP contribution in [0.25, 0.3) is 10.9 Å². The van der Waals surface area contributed by atoms with Crippen LogP contribution in [-0.2, 0) is 10.2 Å². The molecule has 3 rings (SSSR count). The van der Waals surface area contributed by atoms with Crippen molar-refractivity contribution in [1.29, 1.82) is 0 Å². The molecule has 2 aromatic carbocycles. The normalized spacial score (nSPS) is 11.5. The number of aryl methyl sites for hydroxylation is 1. The number of nitrogens with one attached hydrogen (secondary N) is 1. The predicted molar refractivity (Wildman–Crippen MR) is 103 cm³/mol. The van der Waals surface area contributed by atoms with Gasteiger partial charge in [-0.1, -0.05) is 51.1 Å². The molecule has 26 heavy (non-hydrogen) atoms. The lowest BCUT2D eigenvalue weighted by atomic mass is 9.87. The van der Waals surface area contributed by atoms with Gasteiger partial charge in [-0.25, -0.2) is 4.79 Å². The Morgan fingerprint density at radius 3 is 2.31 bits per heavy atom. The van der Waals surface area contributed by atoms with Crippen molar-refractivity contribution >= 4 is 22.7 Å². The zero-order valence-corrected chi connectivity index (χ0v) is 15.6. The topological polar surface area (TPSA) is 59.2 Å². The monoisotopic (exact) mass is 349 g/mol. The molecule has 4 heteroatoms. The molecule has 0 amide bonds. The Bertz CT molecular complexity index is 959. The number of hydrogen-bond acceptors (Lipinski definition) is 3. The number of aromatic nitrogens is 1. The highest BCUT2D eigenvalue weighted by atomic mass is 16.5. The Hall–Kier alpha value is -2.88. The van der Waals surface area contributed by atoms with Crippen molar-refractivity contribution < 1.29 is 14.3 Å². The fourth-order valence-electron chi connectivity index (χ4n) is 3.03. The quantitative estimate of drug-likeness (QED) is 0.543. The van der Waals surface area contributed by atoms with Gasteiger partial charge in [0.1, 0.15) is 0 Å². The van der Waals surface area contributed by atoms with Crippen molar-refractivity contribution in [1.82, 2.24) is 4.98 Å². The van der Waals surface area contributed by atoms with E-state index in [1.54, 1.807) is 12.1 Å². The number of fused-ring (bicyclic) bond motifs is 1. The summed E-state index contributed by atoms with van der Waals surface area (Å²) in [6, 6.07) is 14.9. The summed E-state index contributed by atoms with van der Waals surface area (Å²) in [5, 5.41) is 0.848. The molecular weight excluding hydrogens is 326 g/mol. The number of ether oxygens (including phenoxy) is 1. The number of aromatic amines is 1. The number of benzene rings is 2. The van der Waals surface area contributed by atoms with Crippen LogP contribution in [0, 0.1) is 6.92 Å². The van der Waals surface area contributed by atoms with E-state index in [0.717, 1.165) is 22.2 Å². The van der Waals surface area contributed by atoms with Crippen LogP contribution >= 0.6 is 0 Å². The molecule has 0 saturated carbocycles. The molecule has 0 saturated heterocycles. The average Bonchev–Trinajstić information content (AvgIpc) is 2.94. The van der Waals surface area contributed by atoms with E-state index in [-0.39, 0.29) is 17.8 Å². The van der Waals surface area contributed by atoms with Crippen molar-refractivity contribution in [2.45, 2.75) is 33.1 Å². The van der Waals surface area contributed by atoms with Crippen molar-refractivity contribution in [2.24, 2.45) is 0 Å². The molecule has 0 unspecified atom stereocenters. The Balaban J connectivity index is 1.71. The van der Waals surface area contributed by atoms with Gasteiger partial charge in [0.2, 0.25) is 5.78 Å².